The van der Waals surface area contributed by atoms with Crippen LogP contribution < -0.4 is 0 Å². The third-order valence-corrected chi connectivity index (χ3v) is 7.59. The second-order valence-corrected chi connectivity index (χ2v) is 8.97. The molecule has 0 aromatic carbocycles. The van der Waals surface area contributed by atoms with E-state index < -0.39 is 11.4 Å². The molecule has 2 saturated carbocycles. The van der Waals surface area contributed by atoms with Crippen LogP contribution >= 0.6 is 0 Å². The van der Waals surface area contributed by atoms with Crippen molar-refractivity contribution in [3.63, 3.8) is 0 Å². The van der Waals surface area contributed by atoms with Gasteiger partial charge >= 0.3 is 5.97 Å². The SMILES string of the molecule is C=C1CC[C@@H]2[C@](C)(CCC[C@]2(C)C(=O)O)[C@H]1CCC1=C[C@@H](OC)O[C@H]1OC. The zero-order valence-electron chi connectivity index (χ0n) is 17.1. The van der Waals surface area contributed by atoms with Crippen molar-refractivity contribution in [1.29, 1.82) is 0 Å². The van der Waals surface area contributed by atoms with Crippen molar-refractivity contribution in [1.82, 2.24) is 0 Å². The van der Waals surface area contributed by atoms with Crippen LogP contribution in [0.1, 0.15) is 58.8 Å². The van der Waals surface area contributed by atoms with Crippen LogP contribution in [-0.4, -0.2) is 37.9 Å². The van der Waals surface area contributed by atoms with Crippen LogP contribution in [0, 0.1) is 22.7 Å². The number of carboxylic acids is 1. The highest BCUT2D eigenvalue weighted by Gasteiger charge is 2.57. The molecule has 3 rings (SSSR count). The minimum absolute atomic E-state index is 0.00995. The van der Waals surface area contributed by atoms with E-state index in [1.54, 1.807) is 14.2 Å². The second kappa shape index (κ2) is 7.69. The summed E-state index contributed by atoms with van der Waals surface area (Å²) in [7, 11) is 3.27. The fourth-order valence-electron chi connectivity index (χ4n) is 6.08. The normalized spacial score (nSPS) is 41.9. The van der Waals surface area contributed by atoms with Gasteiger partial charge in [0.1, 0.15) is 0 Å². The number of carbonyl (C=O) groups is 1. The van der Waals surface area contributed by atoms with Crippen molar-refractivity contribution in [3.05, 3.63) is 23.8 Å². The minimum Gasteiger partial charge on any atom is -0.481 e. The summed E-state index contributed by atoms with van der Waals surface area (Å²) in [4.78, 5) is 12.1. The van der Waals surface area contributed by atoms with Gasteiger partial charge in [0.2, 0.25) is 0 Å². The van der Waals surface area contributed by atoms with E-state index in [1.807, 2.05) is 13.0 Å². The highest BCUT2D eigenvalue weighted by molar-refractivity contribution is 5.75. The number of allylic oxidation sites excluding steroid dienone is 1. The van der Waals surface area contributed by atoms with Crippen molar-refractivity contribution in [2.75, 3.05) is 14.2 Å². The molecule has 0 bridgehead atoms. The quantitative estimate of drug-likeness (QED) is 0.688. The highest BCUT2D eigenvalue weighted by atomic mass is 16.8. The molecule has 1 aliphatic heterocycles. The number of hydrogen-bond donors (Lipinski definition) is 1. The number of rotatable bonds is 6. The van der Waals surface area contributed by atoms with Gasteiger partial charge in [0.05, 0.1) is 5.41 Å². The summed E-state index contributed by atoms with van der Waals surface area (Å²) >= 11 is 0. The first-order valence-corrected chi connectivity index (χ1v) is 10.1. The summed E-state index contributed by atoms with van der Waals surface area (Å²) in [5.74, 6) is -0.111. The van der Waals surface area contributed by atoms with Gasteiger partial charge in [-0.15, -0.1) is 0 Å². The van der Waals surface area contributed by atoms with Crippen molar-refractivity contribution < 1.29 is 24.1 Å². The van der Waals surface area contributed by atoms with Gasteiger partial charge in [-0.1, -0.05) is 25.5 Å². The molecule has 5 nitrogen and oxygen atoms in total. The number of hydrogen-bond acceptors (Lipinski definition) is 4. The van der Waals surface area contributed by atoms with Gasteiger partial charge < -0.3 is 19.3 Å². The Morgan fingerprint density at radius 2 is 2.07 bits per heavy atom. The zero-order chi connectivity index (χ0) is 19.8. The molecule has 1 heterocycles. The van der Waals surface area contributed by atoms with Crippen molar-refractivity contribution in [2.24, 2.45) is 22.7 Å². The monoisotopic (exact) mass is 378 g/mol. The minimum atomic E-state index is -0.640. The average molecular weight is 379 g/mol. The third kappa shape index (κ3) is 3.50. The van der Waals surface area contributed by atoms with Gasteiger partial charge in [0.15, 0.2) is 12.6 Å². The van der Waals surface area contributed by atoms with Crippen molar-refractivity contribution >= 4 is 5.97 Å². The number of carboxylic acid groups (broad SMARTS) is 1. The molecule has 0 saturated heterocycles. The van der Waals surface area contributed by atoms with E-state index in [-0.39, 0.29) is 23.9 Å². The van der Waals surface area contributed by atoms with Crippen LogP contribution in [0.5, 0.6) is 0 Å². The van der Waals surface area contributed by atoms with Gasteiger partial charge in [0.25, 0.3) is 0 Å². The third-order valence-electron chi connectivity index (χ3n) is 7.59. The first kappa shape index (κ1) is 20.6. The lowest BCUT2D eigenvalue weighted by molar-refractivity contribution is -0.177. The number of fused-ring (bicyclic) bond motifs is 1. The zero-order valence-corrected chi connectivity index (χ0v) is 17.1. The number of aliphatic carboxylic acids is 1. The average Bonchev–Trinajstić information content (AvgIpc) is 3.03. The lowest BCUT2D eigenvalue weighted by Crippen LogP contribution is -2.53. The molecule has 152 valence electrons. The van der Waals surface area contributed by atoms with E-state index in [1.165, 1.54) is 5.57 Å². The van der Waals surface area contributed by atoms with E-state index in [0.29, 0.717) is 5.92 Å². The number of methoxy groups -OCH3 is 2. The molecule has 0 radical (unpaired) electrons. The van der Waals surface area contributed by atoms with Crippen LogP contribution in [0.3, 0.4) is 0 Å². The Morgan fingerprint density at radius 1 is 1.33 bits per heavy atom. The summed E-state index contributed by atoms with van der Waals surface area (Å²) < 4.78 is 16.4. The van der Waals surface area contributed by atoms with Crippen LogP contribution in [0.2, 0.25) is 0 Å². The predicted molar refractivity (Wildman–Crippen MR) is 103 cm³/mol. The molecule has 0 aromatic heterocycles. The molecule has 3 aliphatic rings. The van der Waals surface area contributed by atoms with Gasteiger partial charge in [0, 0.05) is 14.2 Å². The van der Waals surface area contributed by atoms with E-state index in [2.05, 4.69) is 13.5 Å². The molecule has 2 aliphatic carbocycles. The van der Waals surface area contributed by atoms with Gasteiger partial charge in [-0.2, -0.15) is 0 Å². The first-order valence-electron chi connectivity index (χ1n) is 10.1. The smallest absolute Gasteiger partial charge is 0.309 e. The molecule has 0 amide bonds. The topological polar surface area (TPSA) is 65.0 Å². The van der Waals surface area contributed by atoms with E-state index in [9.17, 15) is 9.90 Å². The molecule has 6 atom stereocenters. The Kier molecular flexibility index (Phi) is 5.85. The van der Waals surface area contributed by atoms with E-state index in [0.717, 1.165) is 50.5 Å². The summed E-state index contributed by atoms with van der Waals surface area (Å²) in [5.41, 5.74) is 1.75. The molecule has 1 N–H and O–H groups in total. The summed E-state index contributed by atoms with van der Waals surface area (Å²) in [6, 6.07) is 0. The van der Waals surface area contributed by atoms with E-state index >= 15 is 0 Å². The molecule has 0 aromatic rings. The largest absolute Gasteiger partial charge is 0.481 e. The lowest BCUT2D eigenvalue weighted by Gasteiger charge is -2.57. The lowest BCUT2D eigenvalue weighted by atomic mass is 9.46. The molecule has 2 fully saturated rings. The Hall–Kier alpha value is -1.17. The predicted octanol–water partition coefficient (Wildman–Crippen LogP) is 4.53. The standard InChI is InChI=1S/C22H34O5/c1-14-7-10-17-21(2,11-6-12-22(17,3)20(23)24)16(14)9-8-15-13-18(25-4)27-19(15)26-5/h13,16-19H,1,6-12H2,2-5H3,(H,23,24)/t16-,17+,18-,19+,21+,22-/m0/s1. The van der Waals surface area contributed by atoms with Crippen molar-refractivity contribution in [3.8, 4) is 0 Å². The highest BCUT2D eigenvalue weighted by Crippen LogP contribution is 2.62. The van der Waals surface area contributed by atoms with Crippen LogP contribution in [0.25, 0.3) is 0 Å². The molecular weight excluding hydrogens is 344 g/mol. The molecule has 5 heteroatoms. The van der Waals surface area contributed by atoms with E-state index in [4.69, 9.17) is 14.2 Å². The second-order valence-electron chi connectivity index (χ2n) is 8.97. The van der Waals surface area contributed by atoms with Gasteiger partial charge in [-0.3, -0.25) is 4.79 Å². The molecule has 0 spiro atoms. The van der Waals surface area contributed by atoms with Crippen LogP contribution in [-0.2, 0) is 19.0 Å². The van der Waals surface area contributed by atoms with Gasteiger partial charge in [-0.25, -0.2) is 0 Å². The molecule has 0 unspecified atom stereocenters. The first-order chi connectivity index (χ1) is 12.8. The maximum absolute atomic E-state index is 12.1. The Balaban J connectivity index is 1.80. The summed E-state index contributed by atoms with van der Waals surface area (Å²) in [6.45, 7) is 8.65. The Bertz CT molecular complexity index is 626. The fraction of sp³-hybridized carbons (Fsp3) is 0.773. The fourth-order valence-corrected chi connectivity index (χ4v) is 6.08. The molecule has 27 heavy (non-hydrogen) atoms. The summed E-state index contributed by atoms with van der Waals surface area (Å²) in [6.07, 6.45) is 7.79. The van der Waals surface area contributed by atoms with Crippen LogP contribution in [0.15, 0.2) is 23.8 Å². The van der Waals surface area contributed by atoms with Crippen LogP contribution in [0.4, 0.5) is 0 Å². The maximum atomic E-state index is 12.1. The summed E-state index contributed by atoms with van der Waals surface area (Å²) in [5, 5.41) is 9.95. The van der Waals surface area contributed by atoms with Gasteiger partial charge in [-0.05, 0) is 74.3 Å². The van der Waals surface area contributed by atoms with Crippen molar-refractivity contribution in [2.45, 2.75) is 71.4 Å². The maximum Gasteiger partial charge on any atom is 0.309 e. The Labute approximate surface area is 162 Å². The number of ether oxygens (including phenoxy) is 3. The Morgan fingerprint density at radius 3 is 2.70 bits per heavy atom. The molecular formula is C22H34O5.